The molecule has 0 unspecified atom stereocenters. The topological polar surface area (TPSA) is 67.9 Å². The molecule has 0 saturated carbocycles. The van der Waals surface area contributed by atoms with Gasteiger partial charge in [0, 0.05) is 12.7 Å². The number of amides is 2. The fourth-order valence-corrected chi connectivity index (χ4v) is 3.23. The van der Waals surface area contributed by atoms with Crippen LogP contribution in [0.4, 0.5) is 5.69 Å². The third-order valence-electron chi connectivity index (χ3n) is 4.71. The number of ether oxygens (including phenoxy) is 2. The number of methoxy groups -OCH3 is 1. The number of carbonyl (C=O) groups is 2. The van der Waals surface area contributed by atoms with Gasteiger partial charge in [-0.05, 0) is 56.0 Å². The Morgan fingerprint density at radius 1 is 1.10 bits per heavy atom. The molecule has 0 aliphatic carbocycles. The van der Waals surface area contributed by atoms with Gasteiger partial charge in [0.15, 0.2) is 18.1 Å². The van der Waals surface area contributed by atoms with Crippen LogP contribution in [-0.4, -0.2) is 44.0 Å². The van der Waals surface area contributed by atoms with E-state index < -0.39 is 0 Å². The van der Waals surface area contributed by atoms with Crippen LogP contribution in [0, 0.1) is 20.8 Å². The lowest BCUT2D eigenvalue weighted by Gasteiger charge is -2.19. The Kier molecular flexibility index (Phi) is 8.04. The molecule has 2 aromatic rings. The smallest absolute Gasteiger partial charge is 0.260 e. The number of allylic oxidation sites excluding steroid dienone is 1. The molecule has 2 amide bonds. The summed E-state index contributed by atoms with van der Waals surface area (Å²) >= 11 is 0. The van der Waals surface area contributed by atoms with Crippen LogP contribution in [0.5, 0.6) is 11.5 Å². The predicted octanol–water partition coefficient (Wildman–Crippen LogP) is 3.82. The second kappa shape index (κ2) is 10.5. The van der Waals surface area contributed by atoms with Gasteiger partial charge in [-0.3, -0.25) is 9.59 Å². The highest BCUT2D eigenvalue weighted by molar-refractivity contribution is 5.95. The molecule has 0 fully saturated rings. The van der Waals surface area contributed by atoms with Crippen LogP contribution in [0.3, 0.4) is 0 Å². The van der Waals surface area contributed by atoms with Gasteiger partial charge in [-0.15, -0.1) is 6.58 Å². The first-order valence-corrected chi connectivity index (χ1v) is 9.77. The summed E-state index contributed by atoms with van der Waals surface area (Å²) in [5.41, 5.74) is 4.94. The molecule has 0 spiro atoms. The van der Waals surface area contributed by atoms with Crippen molar-refractivity contribution >= 4 is 17.5 Å². The van der Waals surface area contributed by atoms with Gasteiger partial charge in [-0.2, -0.15) is 0 Å². The van der Waals surface area contributed by atoms with E-state index in [0.29, 0.717) is 17.9 Å². The summed E-state index contributed by atoms with van der Waals surface area (Å²) in [6.45, 7) is 9.38. The largest absolute Gasteiger partial charge is 0.493 e. The Balaban J connectivity index is 1.93. The molecule has 0 aliphatic rings. The normalized spacial score (nSPS) is 10.3. The molecule has 0 atom stereocenters. The summed E-state index contributed by atoms with van der Waals surface area (Å²) in [5, 5.41) is 2.90. The standard InChI is InChI=1S/C24H30N2O4/c1-7-8-19-9-10-20(21(13-19)29-6)30-15-23(28)26(5)14-22(27)25-24-17(3)11-16(2)12-18(24)4/h7,9-13H,1,8,14-15H2,2-6H3,(H,25,27). The molecule has 2 aromatic carbocycles. The lowest BCUT2D eigenvalue weighted by atomic mass is 10.1. The molecule has 6 nitrogen and oxygen atoms in total. The minimum atomic E-state index is -0.306. The number of rotatable bonds is 9. The van der Waals surface area contributed by atoms with Gasteiger partial charge in [-0.25, -0.2) is 0 Å². The summed E-state index contributed by atoms with van der Waals surface area (Å²) in [6, 6.07) is 9.54. The van der Waals surface area contributed by atoms with E-state index in [-0.39, 0.29) is 25.0 Å². The van der Waals surface area contributed by atoms with Gasteiger partial charge in [-0.1, -0.05) is 29.8 Å². The van der Waals surface area contributed by atoms with E-state index in [0.717, 1.165) is 27.9 Å². The van der Waals surface area contributed by atoms with Gasteiger partial charge < -0.3 is 19.7 Å². The van der Waals surface area contributed by atoms with Crippen molar-refractivity contribution in [3.8, 4) is 11.5 Å². The maximum Gasteiger partial charge on any atom is 0.260 e. The molecule has 0 saturated heterocycles. The van der Waals surface area contributed by atoms with Crippen LogP contribution < -0.4 is 14.8 Å². The predicted molar refractivity (Wildman–Crippen MR) is 119 cm³/mol. The third kappa shape index (κ3) is 6.11. The van der Waals surface area contributed by atoms with E-state index in [1.165, 1.54) is 4.90 Å². The Labute approximate surface area is 178 Å². The summed E-state index contributed by atoms with van der Waals surface area (Å²) in [7, 11) is 3.12. The summed E-state index contributed by atoms with van der Waals surface area (Å²) in [6.07, 6.45) is 2.52. The Morgan fingerprint density at radius 3 is 2.37 bits per heavy atom. The minimum absolute atomic E-state index is 0.0651. The molecule has 0 bridgehead atoms. The first-order valence-electron chi connectivity index (χ1n) is 9.77. The average Bonchev–Trinajstić information content (AvgIpc) is 2.69. The second-order valence-electron chi connectivity index (χ2n) is 7.34. The van der Waals surface area contributed by atoms with Gasteiger partial charge in [0.2, 0.25) is 5.91 Å². The minimum Gasteiger partial charge on any atom is -0.493 e. The number of carbonyl (C=O) groups excluding carboxylic acids is 2. The van der Waals surface area contributed by atoms with Crippen LogP contribution in [0.15, 0.2) is 43.0 Å². The van der Waals surface area contributed by atoms with Crippen molar-refractivity contribution in [2.45, 2.75) is 27.2 Å². The lowest BCUT2D eigenvalue weighted by Crippen LogP contribution is -2.37. The van der Waals surface area contributed by atoms with Crippen molar-refractivity contribution in [3.63, 3.8) is 0 Å². The maximum absolute atomic E-state index is 12.4. The molecular weight excluding hydrogens is 380 g/mol. The van der Waals surface area contributed by atoms with Crippen LogP contribution in [0.1, 0.15) is 22.3 Å². The monoisotopic (exact) mass is 410 g/mol. The molecular formula is C24H30N2O4. The molecule has 0 aliphatic heterocycles. The number of benzene rings is 2. The lowest BCUT2D eigenvalue weighted by molar-refractivity contribution is -0.135. The first-order chi connectivity index (χ1) is 14.2. The van der Waals surface area contributed by atoms with Crippen molar-refractivity contribution in [1.82, 2.24) is 4.90 Å². The number of likely N-dealkylation sites (N-methyl/N-ethyl adjacent to an activating group) is 1. The number of nitrogens with one attached hydrogen (secondary N) is 1. The van der Waals surface area contributed by atoms with Gasteiger partial charge in [0.1, 0.15) is 0 Å². The molecule has 2 rings (SSSR count). The highest BCUT2D eigenvalue weighted by Gasteiger charge is 2.16. The zero-order chi connectivity index (χ0) is 22.3. The van der Waals surface area contributed by atoms with E-state index in [2.05, 4.69) is 11.9 Å². The fraction of sp³-hybridized carbons (Fsp3) is 0.333. The van der Waals surface area contributed by atoms with Crippen LogP contribution in [0.2, 0.25) is 0 Å². The third-order valence-corrected chi connectivity index (χ3v) is 4.71. The molecule has 1 N–H and O–H groups in total. The van der Waals surface area contributed by atoms with Crippen molar-refractivity contribution in [3.05, 3.63) is 65.2 Å². The van der Waals surface area contributed by atoms with Crippen molar-refractivity contribution < 1.29 is 19.1 Å². The molecule has 30 heavy (non-hydrogen) atoms. The van der Waals surface area contributed by atoms with E-state index in [9.17, 15) is 9.59 Å². The van der Waals surface area contributed by atoms with Crippen LogP contribution in [-0.2, 0) is 16.0 Å². The van der Waals surface area contributed by atoms with E-state index in [1.54, 1.807) is 26.3 Å². The molecule has 0 radical (unpaired) electrons. The molecule has 6 heteroatoms. The molecule has 0 heterocycles. The highest BCUT2D eigenvalue weighted by atomic mass is 16.5. The zero-order valence-corrected chi connectivity index (χ0v) is 18.4. The number of aryl methyl sites for hydroxylation is 3. The van der Waals surface area contributed by atoms with Crippen molar-refractivity contribution in [2.24, 2.45) is 0 Å². The van der Waals surface area contributed by atoms with Crippen molar-refractivity contribution in [1.29, 1.82) is 0 Å². The Bertz CT molecular complexity index is 914. The van der Waals surface area contributed by atoms with Gasteiger partial charge in [0.05, 0.1) is 13.7 Å². The molecule has 0 aromatic heterocycles. The van der Waals surface area contributed by atoms with E-state index >= 15 is 0 Å². The number of nitrogens with zero attached hydrogens (tertiary/aromatic N) is 1. The number of anilines is 1. The Hall–Kier alpha value is -3.28. The zero-order valence-electron chi connectivity index (χ0n) is 18.4. The Morgan fingerprint density at radius 2 is 1.77 bits per heavy atom. The SMILES string of the molecule is C=CCc1ccc(OCC(=O)N(C)CC(=O)Nc2c(C)cc(C)cc2C)c(OC)c1. The second-order valence-corrected chi connectivity index (χ2v) is 7.34. The summed E-state index contributed by atoms with van der Waals surface area (Å²) in [4.78, 5) is 26.2. The summed E-state index contributed by atoms with van der Waals surface area (Å²) < 4.78 is 11.0. The van der Waals surface area contributed by atoms with Gasteiger partial charge >= 0.3 is 0 Å². The molecule has 160 valence electrons. The number of hydrogen-bond donors (Lipinski definition) is 1. The maximum atomic E-state index is 12.4. The van der Waals surface area contributed by atoms with Crippen molar-refractivity contribution in [2.75, 3.05) is 32.6 Å². The van der Waals surface area contributed by atoms with E-state index in [4.69, 9.17) is 9.47 Å². The summed E-state index contributed by atoms with van der Waals surface area (Å²) in [5.74, 6) is 0.460. The van der Waals surface area contributed by atoms with Crippen LogP contribution in [0.25, 0.3) is 0 Å². The first kappa shape index (κ1) is 23.0. The average molecular weight is 411 g/mol. The highest BCUT2D eigenvalue weighted by Crippen LogP contribution is 2.28. The van der Waals surface area contributed by atoms with Gasteiger partial charge in [0.25, 0.3) is 5.91 Å². The van der Waals surface area contributed by atoms with Crippen LogP contribution >= 0.6 is 0 Å². The number of hydrogen-bond acceptors (Lipinski definition) is 4. The fourth-order valence-electron chi connectivity index (χ4n) is 3.23. The van der Waals surface area contributed by atoms with E-state index in [1.807, 2.05) is 45.0 Å². The quantitative estimate of drug-likeness (QED) is 0.638.